The molecule has 0 radical (unpaired) electrons. The predicted molar refractivity (Wildman–Crippen MR) is 124 cm³/mol. The second-order valence-corrected chi connectivity index (χ2v) is 9.15. The molecule has 1 atom stereocenters. The van der Waals surface area contributed by atoms with Gasteiger partial charge in [0.25, 0.3) is 5.91 Å². The van der Waals surface area contributed by atoms with Gasteiger partial charge < -0.3 is 25.4 Å². The third-order valence-electron chi connectivity index (χ3n) is 5.00. The molecule has 1 aromatic heterocycles. The number of aryl methyl sites for hydroxylation is 1. The normalized spacial score (nSPS) is 13.8. The van der Waals surface area contributed by atoms with Crippen molar-refractivity contribution < 1.29 is 23.5 Å². The lowest BCUT2D eigenvalue weighted by Crippen LogP contribution is -2.29. The summed E-state index contributed by atoms with van der Waals surface area (Å²) in [6.45, 7) is 7.96. The van der Waals surface area contributed by atoms with Gasteiger partial charge in [-0.15, -0.1) is 0 Å². The van der Waals surface area contributed by atoms with Crippen LogP contribution in [0.25, 0.3) is 0 Å². The van der Waals surface area contributed by atoms with Crippen molar-refractivity contribution in [2.75, 3.05) is 30.9 Å². The van der Waals surface area contributed by atoms with Gasteiger partial charge in [0.2, 0.25) is 0 Å². The summed E-state index contributed by atoms with van der Waals surface area (Å²) < 4.78 is 25.8. The van der Waals surface area contributed by atoms with Gasteiger partial charge in [-0.05, 0) is 45.4 Å². The quantitative estimate of drug-likeness (QED) is 0.490. The van der Waals surface area contributed by atoms with E-state index in [2.05, 4.69) is 20.9 Å². The number of anilines is 3. The van der Waals surface area contributed by atoms with Crippen LogP contribution in [-0.4, -0.2) is 42.7 Å². The number of amides is 1. The summed E-state index contributed by atoms with van der Waals surface area (Å²) >= 11 is 0. The fraction of sp³-hybridized carbons (Fsp3) is 0.458. The van der Waals surface area contributed by atoms with Crippen LogP contribution >= 0.6 is 0 Å². The summed E-state index contributed by atoms with van der Waals surface area (Å²) in [6, 6.07) is 7.59. The molecule has 0 fully saturated rings. The summed E-state index contributed by atoms with van der Waals surface area (Å²) in [6.07, 6.45) is 0.110. The first-order valence-electron chi connectivity index (χ1n) is 10.9. The molecular weight excluding hydrogens is 427 g/mol. The van der Waals surface area contributed by atoms with Gasteiger partial charge in [0, 0.05) is 37.4 Å². The molecule has 1 amide bonds. The van der Waals surface area contributed by atoms with Crippen LogP contribution in [0.3, 0.4) is 0 Å². The minimum Gasteiger partial charge on any atom is -0.460 e. The van der Waals surface area contributed by atoms with E-state index in [1.54, 1.807) is 20.8 Å². The summed E-state index contributed by atoms with van der Waals surface area (Å²) in [4.78, 5) is 29.0. The Morgan fingerprint density at radius 2 is 2.06 bits per heavy atom. The molecule has 1 aliphatic heterocycles. The average molecular weight is 459 g/mol. The van der Waals surface area contributed by atoms with Gasteiger partial charge in [-0.1, -0.05) is 12.1 Å². The SMILES string of the molecule is COC[C@@H](CNc1nc(Nc2cccc(C)c2)c2c(c1F)CNC2=O)CC(=O)OC(C)(C)C. The average Bonchev–Trinajstić information content (AvgIpc) is 3.10. The van der Waals surface area contributed by atoms with Crippen molar-refractivity contribution in [2.24, 2.45) is 5.92 Å². The Morgan fingerprint density at radius 1 is 1.30 bits per heavy atom. The second kappa shape index (κ2) is 10.2. The summed E-state index contributed by atoms with van der Waals surface area (Å²) in [5.74, 6) is -1.31. The maximum Gasteiger partial charge on any atom is 0.306 e. The van der Waals surface area contributed by atoms with E-state index in [0.717, 1.165) is 11.3 Å². The third-order valence-corrected chi connectivity index (χ3v) is 5.00. The number of esters is 1. The molecule has 0 saturated heterocycles. The molecule has 1 aliphatic rings. The lowest BCUT2D eigenvalue weighted by molar-refractivity contribution is -0.156. The van der Waals surface area contributed by atoms with Gasteiger partial charge >= 0.3 is 5.97 Å². The van der Waals surface area contributed by atoms with E-state index in [1.165, 1.54) is 7.11 Å². The van der Waals surface area contributed by atoms with Gasteiger partial charge in [0.05, 0.1) is 18.6 Å². The zero-order chi connectivity index (χ0) is 24.2. The third kappa shape index (κ3) is 6.41. The highest BCUT2D eigenvalue weighted by atomic mass is 19.1. The monoisotopic (exact) mass is 458 g/mol. The van der Waals surface area contributed by atoms with Crippen LogP contribution in [0, 0.1) is 18.7 Å². The molecule has 8 nitrogen and oxygen atoms in total. The maximum atomic E-state index is 15.2. The number of nitrogens with zero attached hydrogens (tertiary/aromatic N) is 1. The molecule has 1 aromatic carbocycles. The van der Waals surface area contributed by atoms with Crippen LogP contribution in [-0.2, 0) is 20.8 Å². The number of pyridine rings is 1. The number of fused-ring (bicyclic) bond motifs is 1. The van der Waals surface area contributed by atoms with Crippen molar-refractivity contribution in [1.29, 1.82) is 0 Å². The number of hydrogen-bond acceptors (Lipinski definition) is 7. The zero-order valence-corrected chi connectivity index (χ0v) is 19.7. The van der Waals surface area contributed by atoms with Crippen molar-refractivity contribution in [2.45, 2.75) is 46.3 Å². The first-order chi connectivity index (χ1) is 15.6. The number of hydrogen-bond donors (Lipinski definition) is 3. The van der Waals surface area contributed by atoms with E-state index >= 15 is 4.39 Å². The fourth-order valence-electron chi connectivity index (χ4n) is 3.63. The Hall–Kier alpha value is -3.20. The van der Waals surface area contributed by atoms with E-state index in [-0.39, 0.29) is 66.7 Å². The predicted octanol–water partition coefficient (Wildman–Crippen LogP) is 3.92. The van der Waals surface area contributed by atoms with Crippen molar-refractivity contribution in [3.05, 3.63) is 46.8 Å². The van der Waals surface area contributed by atoms with Crippen molar-refractivity contribution in [3.63, 3.8) is 0 Å². The minimum absolute atomic E-state index is 0.00527. The molecule has 3 N–H and O–H groups in total. The molecule has 0 bridgehead atoms. The van der Waals surface area contributed by atoms with E-state index in [1.807, 2.05) is 31.2 Å². The molecule has 2 aromatic rings. The molecule has 2 heterocycles. The highest BCUT2D eigenvalue weighted by Gasteiger charge is 2.30. The largest absolute Gasteiger partial charge is 0.460 e. The van der Waals surface area contributed by atoms with Crippen LogP contribution in [0.5, 0.6) is 0 Å². The molecule has 33 heavy (non-hydrogen) atoms. The fourth-order valence-corrected chi connectivity index (χ4v) is 3.63. The van der Waals surface area contributed by atoms with Crippen molar-refractivity contribution >= 4 is 29.2 Å². The number of carbonyl (C=O) groups is 2. The number of nitrogens with one attached hydrogen (secondary N) is 3. The molecule has 0 spiro atoms. The molecule has 9 heteroatoms. The number of ether oxygens (including phenoxy) is 2. The van der Waals surface area contributed by atoms with E-state index < -0.39 is 11.4 Å². The molecule has 178 valence electrons. The Balaban J connectivity index is 1.82. The van der Waals surface area contributed by atoms with E-state index in [4.69, 9.17) is 9.47 Å². The smallest absolute Gasteiger partial charge is 0.306 e. The highest BCUT2D eigenvalue weighted by molar-refractivity contribution is 6.03. The highest BCUT2D eigenvalue weighted by Crippen LogP contribution is 2.31. The van der Waals surface area contributed by atoms with Crippen LogP contribution in [0.15, 0.2) is 24.3 Å². The van der Waals surface area contributed by atoms with Gasteiger partial charge in [0.1, 0.15) is 11.4 Å². The molecular formula is C24H31FN4O4. The Morgan fingerprint density at radius 3 is 2.73 bits per heavy atom. The Bertz CT molecular complexity index is 1040. The van der Waals surface area contributed by atoms with Gasteiger partial charge in [-0.2, -0.15) is 0 Å². The van der Waals surface area contributed by atoms with E-state index in [0.29, 0.717) is 0 Å². The van der Waals surface area contributed by atoms with Gasteiger partial charge in [-0.3, -0.25) is 9.59 Å². The van der Waals surface area contributed by atoms with Crippen LogP contribution in [0.1, 0.15) is 48.7 Å². The Kier molecular flexibility index (Phi) is 7.53. The minimum atomic E-state index is -0.592. The lowest BCUT2D eigenvalue weighted by atomic mass is 10.1. The van der Waals surface area contributed by atoms with Gasteiger partial charge in [0.15, 0.2) is 11.6 Å². The van der Waals surface area contributed by atoms with Crippen LogP contribution in [0.2, 0.25) is 0 Å². The number of methoxy groups -OCH3 is 1. The summed E-state index contributed by atoms with van der Waals surface area (Å²) in [5, 5.41) is 8.79. The summed E-state index contributed by atoms with van der Waals surface area (Å²) in [7, 11) is 1.54. The van der Waals surface area contributed by atoms with Crippen molar-refractivity contribution in [1.82, 2.24) is 10.3 Å². The second-order valence-electron chi connectivity index (χ2n) is 9.15. The number of aromatic nitrogens is 1. The van der Waals surface area contributed by atoms with Crippen LogP contribution < -0.4 is 16.0 Å². The number of benzene rings is 1. The zero-order valence-electron chi connectivity index (χ0n) is 19.7. The molecule has 0 unspecified atom stereocenters. The first kappa shape index (κ1) is 24.4. The molecule has 0 saturated carbocycles. The first-order valence-corrected chi connectivity index (χ1v) is 10.9. The number of rotatable bonds is 9. The molecule has 0 aliphatic carbocycles. The number of halogens is 1. The van der Waals surface area contributed by atoms with Crippen LogP contribution in [0.4, 0.5) is 21.7 Å². The molecule has 3 rings (SSSR count). The van der Waals surface area contributed by atoms with Crippen molar-refractivity contribution in [3.8, 4) is 0 Å². The van der Waals surface area contributed by atoms with E-state index in [9.17, 15) is 9.59 Å². The number of carbonyl (C=O) groups excluding carboxylic acids is 2. The topological polar surface area (TPSA) is 102 Å². The summed E-state index contributed by atoms with van der Waals surface area (Å²) in [5.41, 5.74) is 1.63. The lowest BCUT2D eigenvalue weighted by Gasteiger charge is -2.22. The van der Waals surface area contributed by atoms with Gasteiger partial charge in [-0.25, -0.2) is 9.37 Å². The standard InChI is InChI=1S/C24H31FN4O4/c1-14-7-6-8-16(9-14)28-21-19-17(12-27-23(19)31)20(25)22(29-21)26-11-15(13-32-5)10-18(30)33-24(2,3)4/h6-9,15H,10-13H2,1-5H3,(H,27,31)(H2,26,28,29)/t15-/m1/s1. The maximum absolute atomic E-state index is 15.2. The Labute approximate surface area is 193 Å².